The van der Waals surface area contributed by atoms with Gasteiger partial charge in [0.05, 0.1) is 41.0 Å². The Bertz CT molecular complexity index is 1340. The number of fused-ring (bicyclic) bond motifs is 2. The molecular weight excluding hydrogens is 506 g/mol. The van der Waals surface area contributed by atoms with Gasteiger partial charge in [0.1, 0.15) is 10.8 Å². The van der Waals surface area contributed by atoms with Crippen molar-refractivity contribution in [3.05, 3.63) is 39.0 Å². The minimum Gasteiger partial charge on any atom is -0.494 e. The average molecular weight is 534 g/mol. The number of anilines is 1. The highest BCUT2D eigenvalue weighted by molar-refractivity contribution is 8.00. The molecule has 0 atom stereocenters. The maximum atomic E-state index is 12.6. The van der Waals surface area contributed by atoms with Crippen molar-refractivity contribution in [3.8, 4) is 5.75 Å². The molecule has 0 radical (unpaired) electrons. The van der Waals surface area contributed by atoms with Gasteiger partial charge < -0.3 is 19.4 Å². The fourth-order valence-corrected chi connectivity index (χ4v) is 6.94. The predicted octanol–water partition coefficient (Wildman–Crippen LogP) is 4.16. The van der Waals surface area contributed by atoms with E-state index in [0.29, 0.717) is 22.0 Å². The molecule has 186 valence electrons. The summed E-state index contributed by atoms with van der Waals surface area (Å²) in [4.78, 5) is 43.3. The molecule has 0 aliphatic heterocycles. The first-order chi connectivity index (χ1) is 16.9. The number of ether oxygens (including phenoxy) is 2. The molecule has 0 saturated carbocycles. The van der Waals surface area contributed by atoms with Crippen LogP contribution >= 0.6 is 34.4 Å². The largest absolute Gasteiger partial charge is 0.494 e. The number of hydrogen-bond donors (Lipinski definition) is 1. The zero-order valence-corrected chi connectivity index (χ0v) is 22.3. The molecule has 11 heteroatoms. The van der Waals surface area contributed by atoms with Crippen LogP contribution in [0.1, 0.15) is 40.6 Å². The highest BCUT2D eigenvalue weighted by Crippen LogP contribution is 2.38. The van der Waals surface area contributed by atoms with Gasteiger partial charge in [0, 0.05) is 11.9 Å². The number of esters is 1. The van der Waals surface area contributed by atoms with E-state index >= 15 is 0 Å². The van der Waals surface area contributed by atoms with Gasteiger partial charge >= 0.3 is 5.97 Å². The Hall–Kier alpha value is -2.63. The Labute approximate surface area is 215 Å². The topological polar surface area (TPSA) is 99.0 Å². The number of amides is 2. The number of rotatable bonds is 8. The Balaban J connectivity index is 1.37. The van der Waals surface area contributed by atoms with E-state index in [-0.39, 0.29) is 23.3 Å². The monoisotopic (exact) mass is 533 g/mol. The number of thiazole rings is 1. The first-order valence-electron chi connectivity index (χ1n) is 11.3. The molecule has 35 heavy (non-hydrogen) atoms. The second-order valence-corrected chi connectivity index (χ2v) is 11.1. The van der Waals surface area contributed by atoms with E-state index in [1.165, 1.54) is 41.5 Å². The third-order valence-corrected chi connectivity index (χ3v) is 8.80. The van der Waals surface area contributed by atoms with E-state index in [2.05, 4.69) is 10.3 Å². The van der Waals surface area contributed by atoms with Crippen LogP contribution in [-0.2, 0) is 34.2 Å². The van der Waals surface area contributed by atoms with E-state index < -0.39 is 5.97 Å². The van der Waals surface area contributed by atoms with Crippen molar-refractivity contribution in [2.75, 3.05) is 30.5 Å². The summed E-state index contributed by atoms with van der Waals surface area (Å²) < 4.78 is 13.4. The molecule has 1 aromatic carbocycles. The molecule has 0 unspecified atom stereocenters. The molecule has 0 bridgehead atoms. The molecule has 0 fully saturated rings. The number of thioether (sulfide) groups is 1. The zero-order chi connectivity index (χ0) is 24.9. The van der Waals surface area contributed by atoms with Gasteiger partial charge in [-0.2, -0.15) is 4.99 Å². The van der Waals surface area contributed by atoms with Crippen LogP contribution in [0, 0.1) is 0 Å². The molecule has 2 aromatic heterocycles. The summed E-state index contributed by atoms with van der Waals surface area (Å²) in [5.41, 5.74) is 2.44. The molecule has 2 amide bonds. The van der Waals surface area contributed by atoms with Crippen molar-refractivity contribution in [2.45, 2.75) is 32.6 Å². The lowest BCUT2D eigenvalue weighted by molar-refractivity contribution is -0.115. The fraction of sp³-hybridized carbons (Fsp3) is 0.417. The lowest BCUT2D eigenvalue weighted by Crippen LogP contribution is -2.18. The van der Waals surface area contributed by atoms with Crippen molar-refractivity contribution in [1.29, 1.82) is 0 Å². The van der Waals surface area contributed by atoms with Gasteiger partial charge in [-0.05, 0) is 56.4 Å². The smallest absolute Gasteiger partial charge is 0.341 e. The number of aryl methyl sites for hydroxylation is 2. The second-order valence-electron chi connectivity index (χ2n) is 7.96. The van der Waals surface area contributed by atoms with E-state index in [0.717, 1.165) is 52.1 Å². The van der Waals surface area contributed by atoms with Crippen molar-refractivity contribution in [2.24, 2.45) is 12.0 Å². The van der Waals surface area contributed by atoms with Crippen LogP contribution in [-0.4, -0.2) is 47.6 Å². The summed E-state index contributed by atoms with van der Waals surface area (Å²) in [6.07, 6.45) is 3.83. The van der Waals surface area contributed by atoms with Crippen molar-refractivity contribution >= 4 is 67.4 Å². The summed E-state index contributed by atoms with van der Waals surface area (Å²) in [5.74, 6) is -0.0504. The van der Waals surface area contributed by atoms with Crippen molar-refractivity contribution in [3.63, 3.8) is 0 Å². The zero-order valence-electron chi connectivity index (χ0n) is 19.8. The SMILES string of the molecule is CCOc1ccc2c(c1)sc(=NC(=O)CSCC(=O)Nc1sc3c(c1C(=O)OC)CCCC3)n2C. The molecule has 1 aliphatic carbocycles. The lowest BCUT2D eigenvalue weighted by atomic mass is 9.95. The van der Waals surface area contributed by atoms with Crippen LogP contribution in [0.3, 0.4) is 0 Å². The number of carbonyl (C=O) groups is 3. The second kappa shape index (κ2) is 11.4. The van der Waals surface area contributed by atoms with Crippen molar-refractivity contribution in [1.82, 2.24) is 4.57 Å². The average Bonchev–Trinajstić information content (AvgIpc) is 3.35. The number of thiophene rings is 1. The summed E-state index contributed by atoms with van der Waals surface area (Å²) in [5, 5.41) is 3.39. The Morgan fingerprint density at radius 3 is 2.74 bits per heavy atom. The summed E-state index contributed by atoms with van der Waals surface area (Å²) in [7, 11) is 3.21. The number of nitrogens with one attached hydrogen (secondary N) is 1. The number of nitrogens with zero attached hydrogens (tertiary/aromatic N) is 2. The van der Waals surface area contributed by atoms with Crippen molar-refractivity contribution < 1.29 is 23.9 Å². The fourth-order valence-electron chi connectivity index (χ4n) is 3.98. The number of hydrogen-bond acceptors (Lipinski definition) is 8. The van der Waals surface area contributed by atoms with Gasteiger partial charge in [-0.25, -0.2) is 4.79 Å². The number of benzene rings is 1. The normalized spacial score (nSPS) is 13.5. The minimum absolute atomic E-state index is 0.0800. The molecule has 1 N–H and O–H groups in total. The summed E-state index contributed by atoms with van der Waals surface area (Å²) in [6.45, 7) is 2.52. The number of aromatic nitrogens is 1. The van der Waals surface area contributed by atoms with Crippen LogP contribution in [0.5, 0.6) is 5.75 Å². The van der Waals surface area contributed by atoms with Crippen LogP contribution in [0.4, 0.5) is 5.00 Å². The Kier molecular flexibility index (Phi) is 8.30. The molecule has 8 nitrogen and oxygen atoms in total. The first kappa shape index (κ1) is 25.5. The van der Waals surface area contributed by atoms with E-state index in [9.17, 15) is 14.4 Å². The molecule has 3 aromatic rings. The highest BCUT2D eigenvalue weighted by Gasteiger charge is 2.26. The van der Waals surface area contributed by atoms with Gasteiger partial charge in [0.2, 0.25) is 5.91 Å². The maximum absolute atomic E-state index is 12.6. The molecule has 1 aliphatic rings. The maximum Gasteiger partial charge on any atom is 0.341 e. The standard InChI is InChI=1S/C24H27N3O5S3/c1-4-32-14-9-10-16-18(11-14)35-24(27(16)2)26-20(29)13-33-12-19(28)25-22-21(23(30)31-3)15-7-5-6-8-17(15)34-22/h9-11H,4-8,12-13H2,1-3H3,(H,25,28). The van der Waals surface area contributed by atoms with Gasteiger partial charge in [-0.1, -0.05) is 11.3 Å². The van der Waals surface area contributed by atoms with Crippen LogP contribution < -0.4 is 14.9 Å². The van der Waals surface area contributed by atoms with Gasteiger partial charge in [0.15, 0.2) is 4.80 Å². The van der Waals surface area contributed by atoms with E-state index in [1.807, 2.05) is 36.7 Å². The van der Waals surface area contributed by atoms with Crippen LogP contribution in [0.25, 0.3) is 10.2 Å². The molecule has 0 spiro atoms. The predicted molar refractivity (Wildman–Crippen MR) is 141 cm³/mol. The quantitative estimate of drug-likeness (QED) is 0.437. The molecule has 2 heterocycles. The van der Waals surface area contributed by atoms with Gasteiger partial charge in [0.25, 0.3) is 5.91 Å². The van der Waals surface area contributed by atoms with Gasteiger partial charge in [-0.3, -0.25) is 9.59 Å². The minimum atomic E-state index is -0.425. The lowest BCUT2D eigenvalue weighted by Gasteiger charge is -2.11. The third-order valence-electron chi connectivity index (χ3n) is 5.58. The first-order valence-corrected chi connectivity index (χ1v) is 14.1. The Morgan fingerprint density at radius 2 is 1.97 bits per heavy atom. The van der Waals surface area contributed by atoms with Gasteiger partial charge in [-0.15, -0.1) is 23.1 Å². The number of carbonyl (C=O) groups excluding carboxylic acids is 3. The molecule has 0 saturated heterocycles. The molecular formula is C24H27N3O5S3. The summed E-state index contributed by atoms with van der Waals surface area (Å²) in [6, 6.07) is 5.79. The van der Waals surface area contributed by atoms with E-state index in [1.54, 1.807) is 0 Å². The van der Waals surface area contributed by atoms with Crippen LogP contribution in [0.15, 0.2) is 23.2 Å². The number of methoxy groups -OCH3 is 1. The van der Waals surface area contributed by atoms with E-state index in [4.69, 9.17) is 9.47 Å². The Morgan fingerprint density at radius 1 is 1.17 bits per heavy atom. The van der Waals surface area contributed by atoms with Crippen LogP contribution in [0.2, 0.25) is 0 Å². The molecule has 4 rings (SSSR count). The summed E-state index contributed by atoms with van der Waals surface area (Å²) >= 11 is 4.06. The highest BCUT2D eigenvalue weighted by atomic mass is 32.2. The third kappa shape index (κ3) is 5.79.